The number of ether oxygens (including phenoxy) is 1. The van der Waals surface area contributed by atoms with Gasteiger partial charge in [-0.15, -0.1) is 0 Å². The molecule has 6 nitrogen and oxygen atoms in total. The van der Waals surface area contributed by atoms with Gasteiger partial charge in [0, 0.05) is 24.3 Å². The van der Waals surface area contributed by atoms with E-state index in [0.29, 0.717) is 24.3 Å². The van der Waals surface area contributed by atoms with Gasteiger partial charge in [0.15, 0.2) is 6.61 Å². The molecule has 0 atom stereocenters. The Balaban J connectivity index is 1.89. The Morgan fingerprint density at radius 3 is 2.34 bits per heavy atom. The number of rotatable bonds is 8. The highest BCUT2D eigenvalue weighted by Gasteiger charge is 2.14. The first-order valence-corrected chi connectivity index (χ1v) is 9.75. The summed E-state index contributed by atoms with van der Waals surface area (Å²) in [4.78, 5) is 38.2. The second-order valence-electron chi connectivity index (χ2n) is 6.86. The van der Waals surface area contributed by atoms with E-state index in [4.69, 9.17) is 4.74 Å². The van der Waals surface area contributed by atoms with Crippen LogP contribution in [0.15, 0.2) is 42.5 Å². The van der Waals surface area contributed by atoms with Gasteiger partial charge in [-0.3, -0.25) is 14.4 Å². The largest absolute Gasteiger partial charge is 0.455 e. The zero-order valence-electron chi connectivity index (χ0n) is 17.5. The minimum absolute atomic E-state index is 0.0917. The minimum Gasteiger partial charge on any atom is -0.455 e. The molecule has 2 amide bonds. The van der Waals surface area contributed by atoms with Gasteiger partial charge in [0.2, 0.25) is 0 Å². The Morgan fingerprint density at radius 2 is 1.69 bits per heavy atom. The second-order valence-corrected chi connectivity index (χ2v) is 6.86. The van der Waals surface area contributed by atoms with E-state index >= 15 is 0 Å². The van der Waals surface area contributed by atoms with Gasteiger partial charge >= 0.3 is 5.97 Å². The van der Waals surface area contributed by atoms with E-state index in [9.17, 15) is 14.4 Å². The number of anilines is 1. The van der Waals surface area contributed by atoms with Crippen LogP contribution in [0.25, 0.3) is 0 Å². The fourth-order valence-corrected chi connectivity index (χ4v) is 2.90. The lowest BCUT2D eigenvalue weighted by molar-refractivity contribution is -0.146. The summed E-state index contributed by atoms with van der Waals surface area (Å²) in [7, 11) is 0. The first-order chi connectivity index (χ1) is 13.8. The highest BCUT2D eigenvalue weighted by atomic mass is 16.5. The SMILES string of the molecule is CCN(CC)C(=O)c1cccc(NC(=O)COC(=O)Cc2ccc(C)c(C)c2)c1. The van der Waals surface area contributed by atoms with Gasteiger partial charge in [0.25, 0.3) is 11.8 Å². The van der Waals surface area contributed by atoms with Crippen molar-refractivity contribution in [3.05, 3.63) is 64.7 Å². The Bertz CT molecular complexity index is 888. The number of nitrogens with zero attached hydrogens (tertiary/aromatic N) is 1. The first-order valence-electron chi connectivity index (χ1n) is 9.75. The predicted octanol–water partition coefficient (Wildman–Crippen LogP) is 3.51. The van der Waals surface area contributed by atoms with Gasteiger partial charge in [-0.05, 0) is 62.6 Å². The topological polar surface area (TPSA) is 75.7 Å². The fraction of sp³-hybridized carbons (Fsp3) is 0.348. The van der Waals surface area contributed by atoms with E-state index in [0.717, 1.165) is 16.7 Å². The summed E-state index contributed by atoms with van der Waals surface area (Å²) >= 11 is 0. The van der Waals surface area contributed by atoms with E-state index in [1.54, 1.807) is 29.2 Å². The van der Waals surface area contributed by atoms with Crippen molar-refractivity contribution in [1.29, 1.82) is 0 Å². The maximum Gasteiger partial charge on any atom is 0.310 e. The molecule has 0 heterocycles. The van der Waals surface area contributed by atoms with Crippen LogP contribution in [0, 0.1) is 13.8 Å². The molecule has 0 unspecified atom stereocenters. The summed E-state index contributed by atoms with van der Waals surface area (Å²) in [5, 5.41) is 2.66. The highest BCUT2D eigenvalue weighted by Crippen LogP contribution is 2.13. The van der Waals surface area contributed by atoms with Crippen molar-refractivity contribution >= 4 is 23.5 Å². The Morgan fingerprint density at radius 1 is 0.966 bits per heavy atom. The maximum atomic E-state index is 12.4. The standard InChI is InChI=1S/C23H28N2O4/c1-5-25(6-2)23(28)19-8-7-9-20(14-19)24-21(26)15-29-22(27)13-18-11-10-16(3)17(4)12-18/h7-12,14H,5-6,13,15H2,1-4H3,(H,24,26). The summed E-state index contributed by atoms with van der Waals surface area (Å²) < 4.78 is 5.07. The molecule has 0 aliphatic rings. The molecule has 0 saturated carbocycles. The van der Waals surface area contributed by atoms with Gasteiger partial charge in [-0.2, -0.15) is 0 Å². The molecule has 0 aliphatic carbocycles. The summed E-state index contributed by atoms with van der Waals surface area (Å²) in [6.45, 7) is 8.67. The number of nitrogens with one attached hydrogen (secondary N) is 1. The van der Waals surface area contributed by atoms with Gasteiger partial charge in [0.05, 0.1) is 6.42 Å². The van der Waals surface area contributed by atoms with Crippen LogP contribution < -0.4 is 5.32 Å². The molecule has 0 aliphatic heterocycles. The van der Waals surface area contributed by atoms with Crippen LogP contribution in [-0.4, -0.2) is 42.4 Å². The van der Waals surface area contributed by atoms with Crippen LogP contribution in [0.5, 0.6) is 0 Å². The quantitative estimate of drug-likeness (QED) is 0.693. The van der Waals surface area contributed by atoms with E-state index in [-0.39, 0.29) is 18.9 Å². The van der Waals surface area contributed by atoms with Crippen LogP contribution >= 0.6 is 0 Å². The van der Waals surface area contributed by atoms with Gasteiger partial charge < -0.3 is 15.0 Å². The van der Waals surface area contributed by atoms with Crippen molar-refractivity contribution in [1.82, 2.24) is 4.90 Å². The van der Waals surface area contributed by atoms with E-state index in [2.05, 4.69) is 5.32 Å². The Kier molecular flexibility index (Phi) is 7.95. The van der Waals surface area contributed by atoms with Gasteiger partial charge in [-0.1, -0.05) is 24.3 Å². The molecular weight excluding hydrogens is 368 g/mol. The van der Waals surface area contributed by atoms with E-state index in [1.807, 2.05) is 45.9 Å². The highest BCUT2D eigenvalue weighted by molar-refractivity contribution is 5.97. The predicted molar refractivity (Wildman–Crippen MR) is 113 cm³/mol. The molecule has 154 valence electrons. The van der Waals surface area contributed by atoms with Crippen LogP contribution in [0.1, 0.15) is 40.9 Å². The smallest absolute Gasteiger partial charge is 0.310 e. The zero-order chi connectivity index (χ0) is 21.4. The molecule has 0 fully saturated rings. The average molecular weight is 396 g/mol. The van der Waals surface area contributed by atoms with Gasteiger partial charge in [-0.25, -0.2) is 0 Å². The third-order valence-electron chi connectivity index (χ3n) is 4.73. The number of aryl methyl sites for hydroxylation is 2. The fourth-order valence-electron chi connectivity index (χ4n) is 2.90. The lowest BCUT2D eigenvalue weighted by Gasteiger charge is -2.19. The molecule has 2 aromatic carbocycles. The third kappa shape index (κ3) is 6.45. The molecule has 0 aromatic heterocycles. The number of hydrogen-bond donors (Lipinski definition) is 1. The Hall–Kier alpha value is -3.15. The van der Waals surface area contributed by atoms with E-state index < -0.39 is 11.9 Å². The number of benzene rings is 2. The van der Waals surface area contributed by atoms with Crippen LogP contribution in [-0.2, 0) is 20.7 Å². The van der Waals surface area contributed by atoms with Gasteiger partial charge in [0.1, 0.15) is 0 Å². The van der Waals surface area contributed by atoms with Crippen LogP contribution in [0.4, 0.5) is 5.69 Å². The summed E-state index contributed by atoms with van der Waals surface area (Å²) in [5.41, 5.74) is 4.09. The molecule has 29 heavy (non-hydrogen) atoms. The lowest BCUT2D eigenvalue weighted by Crippen LogP contribution is -2.30. The first kappa shape index (κ1) is 22.1. The maximum absolute atomic E-state index is 12.4. The molecule has 2 aromatic rings. The number of amides is 2. The summed E-state index contributed by atoms with van der Waals surface area (Å²) in [6, 6.07) is 12.5. The number of esters is 1. The van der Waals surface area contributed by atoms with Crippen molar-refractivity contribution in [3.8, 4) is 0 Å². The molecule has 6 heteroatoms. The number of carbonyl (C=O) groups excluding carboxylic acids is 3. The molecule has 2 rings (SSSR count). The lowest BCUT2D eigenvalue weighted by atomic mass is 10.0. The van der Waals surface area contributed by atoms with Crippen LogP contribution in [0.3, 0.4) is 0 Å². The molecular formula is C23H28N2O4. The molecule has 1 N–H and O–H groups in total. The molecule has 0 radical (unpaired) electrons. The molecule has 0 saturated heterocycles. The Labute approximate surface area is 171 Å². The van der Waals surface area contributed by atoms with Crippen molar-refractivity contribution in [2.24, 2.45) is 0 Å². The normalized spacial score (nSPS) is 10.3. The van der Waals surface area contributed by atoms with Crippen LogP contribution in [0.2, 0.25) is 0 Å². The average Bonchev–Trinajstić information content (AvgIpc) is 2.70. The second kappa shape index (κ2) is 10.4. The summed E-state index contributed by atoms with van der Waals surface area (Å²) in [5.74, 6) is -1.01. The molecule has 0 spiro atoms. The minimum atomic E-state index is -0.464. The van der Waals surface area contributed by atoms with Crippen molar-refractivity contribution in [2.75, 3.05) is 25.0 Å². The number of carbonyl (C=O) groups is 3. The number of hydrogen-bond acceptors (Lipinski definition) is 4. The third-order valence-corrected chi connectivity index (χ3v) is 4.73. The molecule has 0 bridgehead atoms. The zero-order valence-corrected chi connectivity index (χ0v) is 17.5. The van der Waals surface area contributed by atoms with Crippen molar-refractivity contribution in [2.45, 2.75) is 34.1 Å². The van der Waals surface area contributed by atoms with Crippen molar-refractivity contribution in [3.63, 3.8) is 0 Å². The van der Waals surface area contributed by atoms with Crippen molar-refractivity contribution < 1.29 is 19.1 Å². The van der Waals surface area contributed by atoms with E-state index in [1.165, 1.54) is 0 Å². The summed E-state index contributed by atoms with van der Waals surface area (Å²) in [6.07, 6.45) is 0.113. The monoisotopic (exact) mass is 396 g/mol.